The van der Waals surface area contributed by atoms with Crippen LogP contribution in [-0.2, 0) is 29.1 Å². The van der Waals surface area contributed by atoms with E-state index in [-0.39, 0.29) is 29.0 Å². The van der Waals surface area contributed by atoms with Gasteiger partial charge in [0, 0.05) is 70.6 Å². The molecule has 2 aliphatic heterocycles. The van der Waals surface area contributed by atoms with Gasteiger partial charge in [0.05, 0.1) is 66.1 Å². The molecule has 6 aromatic rings. The molecule has 0 unspecified atom stereocenters. The Morgan fingerprint density at radius 2 is 1.36 bits per heavy atom. The van der Waals surface area contributed by atoms with E-state index in [1.807, 2.05) is 36.8 Å². The Hall–Kier alpha value is -6.84. The number of aryl methyl sites for hydroxylation is 5. The van der Waals surface area contributed by atoms with Gasteiger partial charge in [0.15, 0.2) is 0 Å². The average Bonchev–Trinajstić information content (AvgIpc) is 4.08. The lowest BCUT2D eigenvalue weighted by Gasteiger charge is -2.36. The highest BCUT2D eigenvalue weighted by molar-refractivity contribution is 6.06. The first-order valence-corrected chi connectivity index (χ1v) is 22.5. The van der Waals surface area contributed by atoms with E-state index in [1.165, 1.54) is 0 Å². The smallest absolute Gasteiger partial charge is 0.276 e. The first-order chi connectivity index (χ1) is 31.9. The topological polar surface area (TPSA) is 250 Å². The van der Waals surface area contributed by atoms with Crippen molar-refractivity contribution in [2.24, 2.45) is 11.5 Å². The summed E-state index contributed by atoms with van der Waals surface area (Å²) in [5.74, 6) is -1.03. The molecule has 0 radical (unpaired) electrons. The lowest BCUT2D eigenvalue weighted by atomic mass is 10.0. The highest BCUT2D eigenvalue weighted by Gasteiger charge is 2.32. The van der Waals surface area contributed by atoms with Crippen LogP contribution in [0.3, 0.4) is 0 Å². The normalized spacial score (nSPS) is 15.2. The van der Waals surface area contributed by atoms with Gasteiger partial charge in [-0.1, -0.05) is 0 Å². The molecule has 0 spiro atoms. The van der Waals surface area contributed by atoms with Crippen LogP contribution in [0, 0.1) is 13.8 Å². The van der Waals surface area contributed by atoms with Gasteiger partial charge in [-0.15, -0.1) is 0 Å². The summed E-state index contributed by atoms with van der Waals surface area (Å²) in [7, 11) is 1.63. The van der Waals surface area contributed by atoms with Crippen molar-refractivity contribution in [1.29, 1.82) is 0 Å². The van der Waals surface area contributed by atoms with Crippen molar-refractivity contribution in [2.45, 2.75) is 72.6 Å². The number of anilines is 3. The van der Waals surface area contributed by atoms with Gasteiger partial charge in [0.1, 0.15) is 22.7 Å². The minimum atomic E-state index is -0.639. The van der Waals surface area contributed by atoms with Gasteiger partial charge in [0.2, 0.25) is 23.7 Å². The van der Waals surface area contributed by atoms with Crippen LogP contribution >= 0.6 is 0 Å². The van der Waals surface area contributed by atoms with Gasteiger partial charge in [-0.2, -0.15) is 10.2 Å². The Morgan fingerprint density at radius 3 is 1.98 bits per heavy atom. The molecule has 350 valence electrons. The van der Waals surface area contributed by atoms with Crippen LogP contribution in [0.2, 0.25) is 0 Å². The zero-order chi connectivity index (χ0) is 46.6. The third-order valence-electron chi connectivity index (χ3n) is 12.1. The van der Waals surface area contributed by atoms with Gasteiger partial charge in [-0.3, -0.25) is 44.1 Å². The molecule has 1 saturated heterocycles. The third kappa shape index (κ3) is 9.44. The molecule has 0 aliphatic carbocycles. The summed E-state index contributed by atoms with van der Waals surface area (Å²) in [5, 5.41) is 15.0. The summed E-state index contributed by atoms with van der Waals surface area (Å²) in [6.45, 7) is 14.5. The molecule has 6 heterocycles. The van der Waals surface area contributed by atoms with Crippen LogP contribution in [0.1, 0.15) is 92.2 Å². The summed E-state index contributed by atoms with van der Waals surface area (Å²) in [4.78, 5) is 67.5. The van der Waals surface area contributed by atoms with Crippen LogP contribution in [0.15, 0.2) is 36.4 Å². The molecule has 6 N–H and O–H groups in total. The Morgan fingerprint density at radius 1 is 0.758 bits per heavy atom. The summed E-state index contributed by atoms with van der Waals surface area (Å²) in [6, 6.07) is 9.86. The van der Waals surface area contributed by atoms with E-state index in [4.69, 9.17) is 35.6 Å². The van der Waals surface area contributed by atoms with E-state index in [2.05, 4.69) is 30.6 Å². The van der Waals surface area contributed by atoms with Crippen molar-refractivity contribution in [2.75, 3.05) is 81.8 Å². The van der Waals surface area contributed by atoms with Crippen molar-refractivity contribution in [3.8, 4) is 5.75 Å². The van der Waals surface area contributed by atoms with E-state index >= 15 is 0 Å². The maximum Gasteiger partial charge on any atom is 0.276 e. The number of primary amides is 2. The molecule has 21 heteroatoms. The van der Waals surface area contributed by atoms with Crippen LogP contribution in [0.5, 0.6) is 5.75 Å². The Bertz CT molecular complexity index is 2780. The maximum atomic E-state index is 14.0. The second-order valence-corrected chi connectivity index (χ2v) is 16.6. The minimum absolute atomic E-state index is 0.222. The first kappa shape index (κ1) is 45.7. The van der Waals surface area contributed by atoms with Gasteiger partial charge >= 0.3 is 0 Å². The second-order valence-electron chi connectivity index (χ2n) is 16.6. The number of rotatable bonds is 20. The summed E-state index contributed by atoms with van der Waals surface area (Å²) in [5.41, 5.74) is 17.3. The maximum absolute atomic E-state index is 14.0. The first-order valence-electron chi connectivity index (χ1n) is 22.5. The number of nitrogens with two attached hydrogens (primary N) is 2. The van der Waals surface area contributed by atoms with E-state index in [0.717, 1.165) is 37.3 Å². The third-order valence-corrected chi connectivity index (χ3v) is 12.1. The second kappa shape index (κ2) is 19.7. The largest absolute Gasteiger partial charge is 0.491 e. The number of imidazole rings is 2. The van der Waals surface area contributed by atoms with E-state index < -0.39 is 17.7 Å². The Labute approximate surface area is 381 Å². The number of ether oxygens (including phenoxy) is 3. The average molecular weight is 907 g/mol. The predicted molar refractivity (Wildman–Crippen MR) is 247 cm³/mol. The molecule has 2 aliphatic rings. The van der Waals surface area contributed by atoms with E-state index in [9.17, 15) is 19.2 Å². The molecule has 21 nitrogen and oxygen atoms in total. The van der Waals surface area contributed by atoms with Crippen molar-refractivity contribution in [3.05, 3.63) is 70.3 Å². The number of hydrogen-bond acceptors (Lipinski definition) is 13. The summed E-state index contributed by atoms with van der Waals surface area (Å²) in [6.07, 6.45) is 1.83. The zero-order valence-corrected chi connectivity index (χ0v) is 38.1. The van der Waals surface area contributed by atoms with Crippen molar-refractivity contribution in [3.63, 3.8) is 0 Å². The lowest BCUT2D eigenvalue weighted by Crippen LogP contribution is -2.38. The summed E-state index contributed by atoms with van der Waals surface area (Å²) < 4.78 is 24.7. The number of aromatic nitrogens is 8. The number of amides is 4. The molecule has 4 aromatic heterocycles. The quantitative estimate of drug-likeness (QED) is 0.0799. The van der Waals surface area contributed by atoms with Gasteiger partial charge in [-0.25, -0.2) is 9.97 Å². The minimum Gasteiger partial charge on any atom is -0.491 e. The fraction of sp³-hybridized carbons (Fsp3) is 0.467. The van der Waals surface area contributed by atoms with Crippen molar-refractivity contribution < 1.29 is 33.4 Å². The zero-order valence-electron chi connectivity index (χ0n) is 38.1. The number of fused-ring (bicyclic) bond motifs is 1. The fourth-order valence-corrected chi connectivity index (χ4v) is 8.95. The molecular weight excluding hydrogens is 849 g/mol. The number of hydrogen-bond donors (Lipinski definition) is 4. The molecule has 1 fully saturated rings. The van der Waals surface area contributed by atoms with Gasteiger partial charge in [-0.05, 0) is 83.4 Å². The van der Waals surface area contributed by atoms with Crippen LogP contribution < -0.4 is 31.7 Å². The lowest BCUT2D eigenvalue weighted by molar-refractivity contribution is 0.0358. The molecule has 0 saturated carbocycles. The predicted octanol–water partition coefficient (Wildman–Crippen LogP) is 3.73. The number of carbonyl (C=O) groups is 4. The highest BCUT2D eigenvalue weighted by Crippen LogP contribution is 2.41. The molecule has 4 amide bonds. The molecule has 66 heavy (non-hydrogen) atoms. The number of methoxy groups -OCH3 is 1. The Kier molecular flexibility index (Phi) is 13.7. The Balaban J connectivity index is 1.16. The van der Waals surface area contributed by atoms with Crippen LogP contribution in [0.4, 0.5) is 17.6 Å². The van der Waals surface area contributed by atoms with Gasteiger partial charge < -0.3 is 39.7 Å². The number of carbonyl (C=O) groups excluding carboxylic acids is 4. The number of nitrogens with one attached hydrogen (secondary N) is 2. The van der Waals surface area contributed by atoms with Crippen molar-refractivity contribution in [1.82, 2.24) is 43.6 Å². The molecule has 8 rings (SSSR count). The monoisotopic (exact) mass is 906 g/mol. The SMILES string of the molecule is CCn1nc(C)cc1C(=O)Nc1nc2cc(C(N)=O)cc(OCCCN3CCOCC3)c2n1CCC[C@H]1CN(CCOC)c2cc(C(N)=O)cc3nc(NC(=O)c4cc(C)nn4CC)n1c23. The van der Waals surface area contributed by atoms with Crippen LogP contribution in [0.25, 0.3) is 22.1 Å². The number of benzene rings is 2. The van der Waals surface area contributed by atoms with Crippen LogP contribution in [-0.4, -0.2) is 133 Å². The molecule has 2 aromatic carbocycles. The molecular formula is C45H58N14O7. The van der Waals surface area contributed by atoms with Gasteiger partial charge in [0.25, 0.3) is 11.8 Å². The molecule has 0 bridgehead atoms. The number of nitrogens with zero attached hydrogens (tertiary/aromatic N) is 10. The highest BCUT2D eigenvalue weighted by atomic mass is 16.5. The standard InChI is InChI=1S/C45H58N14O7/c1-6-57-35(20-27(3)52-57)42(62)50-44-48-33-23-30(41(47)61)25-37(66-16-9-11-54-13-18-65-19-14-54)39(33)56(44)12-8-10-31-26-55(15-17-64-5)34-24-29(40(46)60)22-32-38(34)59(31)45(49-32)51-43(63)36-21-28(4)53-58(36)7-2/h20-25,31H,6-19,26H2,1-5H3,(H2,46,60)(H2,47,61)(H,48,50,62)(H,49,51,63)/t31-/m0/s1. The summed E-state index contributed by atoms with van der Waals surface area (Å²) >= 11 is 0. The molecule has 1 atom stereocenters. The fourth-order valence-electron chi connectivity index (χ4n) is 8.95. The van der Waals surface area contributed by atoms with E-state index in [0.29, 0.717) is 123 Å². The number of morpholine rings is 1. The van der Waals surface area contributed by atoms with Crippen molar-refractivity contribution >= 4 is 63.3 Å². The van der Waals surface area contributed by atoms with E-state index in [1.54, 1.807) is 52.9 Å².